The molecule has 1 N–H and O–H groups in total. The van der Waals surface area contributed by atoms with Crippen LogP contribution in [0.15, 0.2) is 0 Å². The average molecular weight is 242 g/mol. The Morgan fingerprint density at radius 3 is 2.94 bits per heavy atom. The fourth-order valence-corrected chi connectivity index (χ4v) is 2.64. The molecule has 0 aromatic carbocycles. The van der Waals surface area contributed by atoms with E-state index < -0.39 is 0 Å². The molecule has 2 rings (SSSR count). The van der Waals surface area contributed by atoms with Gasteiger partial charge in [0.25, 0.3) is 0 Å². The van der Waals surface area contributed by atoms with Crippen molar-refractivity contribution in [3.8, 4) is 0 Å². The Morgan fingerprint density at radius 2 is 2.24 bits per heavy atom. The molecule has 0 spiro atoms. The Kier molecular flexibility index (Phi) is 5.22. The zero-order chi connectivity index (χ0) is 12.1. The van der Waals surface area contributed by atoms with Crippen molar-refractivity contribution < 1.29 is 9.47 Å². The number of likely N-dealkylation sites (N-methyl/N-ethyl adjacent to an activating group) is 1. The molecule has 0 aliphatic carbocycles. The van der Waals surface area contributed by atoms with Gasteiger partial charge in [0.1, 0.15) is 0 Å². The zero-order valence-electron chi connectivity index (χ0n) is 11.2. The molecule has 0 aromatic heterocycles. The summed E-state index contributed by atoms with van der Waals surface area (Å²) in [6.45, 7) is 10.4. The Bertz CT molecular complexity index is 219. The summed E-state index contributed by atoms with van der Waals surface area (Å²) in [6, 6.07) is 0.443. The summed E-state index contributed by atoms with van der Waals surface area (Å²) in [5.41, 5.74) is 0. The van der Waals surface area contributed by atoms with E-state index in [1.54, 1.807) is 0 Å². The van der Waals surface area contributed by atoms with E-state index in [1.807, 2.05) is 0 Å². The molecule has 17 heavy (non-hydrogen) atoms. The monoisotopic (exact) mass is 242 g/mol. The van der Waals surface area contributed by atoms with Crippen LogP contribution in [0.2, 0.25) is 0 Å². The van der Waals surface area contributed by atoms with Gasteiger partial charge in [-0.1, -0.05) is 6.92 Å². The van der Waals surface area contributed by atoms with E-state index in [2.05, 4.69) is 24.1 Å². The lowest BCUT2D eigenvalue weighted by Crippen LogP contribution is -2.49. The van der Waals surface area contributed by atoms with Crippen molar-refractivity contribution in [2.45, 2.75) is 44.9 Å². The Labute approximate surface area is 105 Å². The van der Waals surface area contributed by atoms with Gasteiger partial charge in [-0.2, -0.15) is 0 Å². The minimum atomic E-state index is 0.340. The highest BCUT2D eigenvalue weighted by molar-refractivity contribution is 4.80. The molecule has 2 fully saturated rings. The molecule has 0 saturated carbocycles. The van der Waals surface area contributed by atoms with E-state index >= 15 is 0 Å². The van der Waals surface area contributed by atoms with Gasteiger partial charge in [0.2, 0.25) is 0 Å². The number of nitrogens with one attached hydrogen (secondary N) is 1. The van der Waals surface area contributed by atoms with Crippen molar-refractivity contribution >= 4 is 0 Å². The molecule has 100 valence electrons. The molecule has 0 amide bonds. The van der Waals surface area contributed by atoms with Crippen molar-refractivity contribution in [1.29, 1.82) is 0 Å². The fraction of sp³-hybridized carbons (Fsp3) is 1.00. The number of nitrogens with zero attached hydrogens (tertiary/aromatic N) is 1. The molecular weight excluding hydrogens is 216 g/mol. The lowest BCUT2D eigenvalue weighted by atomic mass is 10.1. The van der Waals surface area contributed by atoms with Crippen LogP contribution >= 0.6 is 0 Å². The summed E-state index contributed by atoms with van der Waals surface area (Å²) in [4.78, 5) is 2.45. The maximum atomic E-state index is 5.78. The van der Waals surface area contributed by atoms with Gasteiger partial charge in [-0.15, -0.1) is 0 Å². The minimum absolute atomic E-state index is 0.340. The van der Waals surface area contributed by atoms with Crippen LogP contribution in [0.3, 0.4) is 0 Å². The Hall–Kier alpha value is -0.160. The normalized spacial score (nSPS) is 32.8. The second-order valence-corrected chi connectivity index (χ2v) is 5.13. The molecular formula is C13H26N2O2. The molecule has 0 aromatic rings. The topological polar surface area (TPSA) is 33.7 Å². The predicted octanol–water partition coefficient (Wildman–Crippen LogP) is 0.864. The van der Waals surface area contributed by atoms with Gasteiger partial charge in [-0.3, -0.25) is 4.90 Å². The highest BCUT2D eigenvalue weighted by Gasteiger charge is 2.24. The van der Waals surface area contributed by atoms with Gasteiger partial charge < -0.3 is 14.8 Å². The van der Waals surface area contributed by atoms with Gasteiger partial charge in [0, 0.05) is 32.3 Å². The maximum Gasteiger partial charge on any atom is 0.0826 e. The first-order chi connectivity index (χ1) is 8.29. The third-order valence-electron chi connectivity index (χ3n) is 3.86. The highest BCUT2D eigenvalue weighted by Crippen LogP contribution is 2.15. The Morgan fingerprint density at radius 1 is 1.35 bits per heavy atom. The van der Waals surface area contributed by atoms with Crippen LogP contribution < -0.4 is 5.32 Å². The molecule has 2 aliphatic rings. The van der Waals surface area contributed by atoms with E-state index in [9.17, 15) is 0 Å². The number of hydrogen-bond donors (Lipinski definition) is 1. The van der Waals surface area contributed by atoms with E-state index in [-0.39, 0.29) is 0 Å². The maximum absolute atomic E-state index is 5.78. The predicted molar refractivity (Wildman–Crippen MR) is 68.3 cm³/mol. The average Bonchev–Trinajstić information content (AvgIpc) is 2.90. The quantitative estimate of drug-likeness (QED) is 0.775. The first kappa shape index (κ1) is 13.3. The lowest BCUT2D eigenvalue weighted by Gasteiger charge is -2.33. The summed E-state index contributed by atoms with van der Waals surface area (Å²) in [6.07, 6.45) is 3.15. The van der Waals surface area contributed by atoms with Crippen LogP contribution in [-0.4, -0.2) is 62.5 Å². The van der Waals surface area contributed by atoms with Crippen LogP contribution in [0.5, 0.6) is 0 Å². The fourth-order valence-electron chi connectivity index (χ4n) is 2.64. The first-order valence-corrected chi connectivity index (χ1v) is 6.98. The van der Waals surface area contributed by atoms with E-state index in [1.165, 1.54) is 12.8 Å². The molecule has 2 aliphatic heterocycles. The summed E-state index contributed by atoms with van der Waals surface area (Å²) in [7, 11) is 0. The summed E-state index contributed by atoms with van der Waals surface area (Å²) < 4.78 is 11.5. The zero-order valence-corrected chi connectivity index (χ0v) is 11.2. The molecule has 0 bridgehead atoms. The third-order valence-corrected chi connectivity index (χ3v) is 3.86. The summed E-state index contributed by atoms with van der Waals surface area (Å²) in [5, 5.41) is 3.56. The SMILES string of the molecule is CCN1CCOC(CNC(C)C2CCCO2)C1. The minimum Gasteiger partial charge on any atom is -0.377 e. The van der Waals surface area contributed by atoms with Crippen molar-refractivity contribution in [2.75, 3.05) is 39.4 Å². The molecule has 3 unspecified atom stereocenters. The lowest BCUT2D eigenvalue weighted by molar-refractivity contribution is -0.0287. The van der Waals surface area contributed by atoms with Gasteiger partial charge in [0.05, 0.1) is 18.8 Å². The molecule has 4 heteroatoms. The smallest absolute Gasteiger partial charge is 0.0826 e. The molecule has 0 radical (unpaired) electrons. The number of rotatable bonds is 5. The van der Waals surface area contributed by atoms with Gasteiger partial charge in [-0.05, 0) is 26.3 Å². The first-order valence-electron chi connectivity index (χ1n) is 6.98. The van der Waals surface area contributed by atoms with Crippen LogP contribution in [0.25, 0.3) is 0 Å². The highest BCUT2D eigenvalue weighted by atomic mass is 16.5. The van der Waals surface area contributed by atoms with E-state index in [0.29, 0.717) is 18.2 Å². The van der Waals surface area contributed by atoms with E-state index in [0.717, 1.165) is 39.4 Å². The van der Waals surface area contributed by atoms with E-state index in [4.69, 9.17) is 9.47 Å². The van der Waals surface area contributed by atoms with Crippen molar-refractivity contribution in [3.05, 3.63) is 0 Å². The van der Waals surface area contributed by atoms with Gasteiger partial charge in [-0.25, -0.2) is 0 Å². The number of hydrogen-bond acceptors (Lipinski definition) is 4. The number of ether oxygens (including phenoxy) is 2. The van der Waals surface area contributed by atoms with Crippen LogP contribution in [0.4, 0.5) is 0 Å². The van der Waals surface area contributed by atoms with Crippen molar-refractivity contribution in [2.24, 2.45) is 0 Å². The largest absolute Gasteiger partial charge is 0.377 e. The van der Waals surface area contributed by atoms with Crippen molar-refractivity contribution in [3.63, 3.8) is 0 Å². The number of morpholine rings is 1. The third kappa shape index (κ3) is 3.91. The van der Waals surface area contributed by atoms with Gasteiger partial charge in [0.15, 0.2) is 0 Å². The van der Waals surface area contributed by atoms with Crippen LogP contribution in [0.1, 0.15) is 26.7 Å². The molecule has 4 nitrogen and oxygen atoms in total. The summed E-state index contributed by atoms with van der Waals surface area (Å²) in [5.74, 6) is 0. The molecule has 3 atom stereocenters. The second kappa shape index (κ2) is 6.69. The van der Waals surface area contributed by atoms with Crippen LogP contribution in [-0.2, 0) is 9.47 Å². The van der Waals surface area contributed by atoms with Crippen LogP contribution in [0, 0.1) is 0 Å². The standard InChI is InChI=1S/C13H26N2O2/c1-3-15-6-8-16-12(10-15)9-14-11(2)13-5-4-7-17-13/h11-14H,3-10H2,1-2H3. The molecule has 2 heterocycles. The van der Waals surface area contributed by atoms with Crippen molar-refractivity contribution in [1.82, 2.24) is 10.2 Å². The Balaban J connectivity index is 1.66. The second-order valence-electron chi connectivity index (χ2n) is 5.13. The summed E-state index contributed by atoms with van der Waals surface area (Å²) >= 11 is 0. The molecule has 2 saturated heterocycles. The van der Waals surface area contributed by atoms with Gasteiger partial charge >= 0.3 is 0 Å².